The molecule has 9 heteroatoms. The number of aromatic amines is 1. The summed E-state index contributed by atoms with van der Waals surface area (Å²) in [5, 5.41) is 13.1. The van der Waals surface area contributed by atoms with Gasteiger partial charge < -0.3 is 10.2 Å². The number of hydrogen-bond donors (Lipinski definition) is 3. The number of carbonyl (C=O) groups is 2. The summed E-state index contributed by atoms with van der Waals surface area (Å²) >= 11 is 0. The second-order valence-electron chi connectivity index (χ2n) is 7.87. The van der Waals surface area contributed by atoms with Gasteiger partial charge in [-0.2, -0.15) is 5.10 Å². The number of carbonyl (C=O) groups excluding carboxylic acids is 2. The summed E-state index contributed by atoms with van der Waals surface area (Å²) in [6, 6.07) is 1.50. The van der Waals surface area contributed by atoms with E-state index in [1.165, 1.54) is 0 Å². The van der Waals surface area contributed by atoms with E-state index in [0.29, 0.717) is 24.7 Å². The molecule has 4 rings (SSSR count). The third-order valence-electron chi connectivity index (χ3n) is 5.78. The van der Waals surface area contributed by atoms with E-state index in [1.807, 2.05) is 0 Å². The van der Waals surface area contributed by atoms with Crippen LogP contribution in [-0.2, 0) is 4.79 Å². The van der Waals surface area contributed by atoms with Gasteiger partial charge in [-0.3, -0.25) is 15.2 Å². The Kier molecular flexibility index (Phi) is 5.73. The fourth-order valence-corrected chi connectivity index (χ4v) is 4.24. The van der Waals surface area contributed by atoms with E-state index in [9.17, 15) is 9.59 Å². The van der Waals surface area contributed by atoms with Gasteiger partial charge in [0, 0.05) is 31.1 Å². The first kappa shape index (κ1) is 19.4. The van der Waals surface area contributed by atoms with Crippen molar-refractivity contribution in [1.82, 2.24) is 25.1 Å². The summed E-state index contributed by atoms with van der Waals surface area (Å²) in [4.78, 5) is 35.3. The first-order chi connectivity index (χ1) is 14.1. The Hall–Kier alpha value is -2.97. The molecule has 1 atom stereocenters. The third-order valence-corrected chi connectivity index (χ3v) is 5.78. The molecule has 0 aromatic carbocycles. The summed E-state index contributed by atoms with van der Waals surface area (Å²) in [6.45, 7) is 3.03. The first-order valence-corrected chi connectivity index (χ1v) is 10.3. The van der Waals surface area contributed by atoms with E-state index in [-0.39, 0.29) is 23.8 Å². The molecule has 154 valence electrons. The molecule has 1 aliphatic carbocycles. The standard InChI is InChI=1S/C20H27N7O2/c1-13-21-9-8-17(23-13)25-20(29)27-10-4-7-15(12-27)18-16(11-22-26-18)24-19(28)14-5-2-3-6-14/h8-9,11,14-15H,2-7,10,12H2,1H3,(H,22,26)(H,24,28)(H,21,23,25,29). The van der Waals surface area contributed by atoms with Gasteiger partial charge in [0.25, 0.3) is 0 Å². The number of amides is 3. The minimum absolute atomic E-state index is 0.0784. The zero-order valence-corrected chi connectivity index (χ0v) is 16.6. The van der Waals surface area contributed by atoms with Crippen molar-refractivity contribution in [1.29, 1.82) is 0 Å². The monoisotopic (exact) mass is 397 g/mol. The molecular formula is C20H27N7O2. The fraction of sp³-hybridized carbons (Fsp3) is 0.550. The van der Waals surface area contributed by atoms with Crippen molar-refractivity contribution in [2.24, 2.45) is 5.92 Å². The van der Waals surface area contributed by atoms with Gasteiger partial charge in [-0.05, 0) is 38.7 Å². The van der Waals surface area contributed by atoms with Crippen molar-refractivity contribution in [3.63, 3.8) is 0 Å². The molecule has 0 spiro atoms. The number of piperidine rings is 1. The Labute approximate surface area is 169 Å². The maximum absolute atomic E-state index is 12.7. The number of urea groups is 1. The lowest BCUT2D eigenvalue weighted by Gasteiger charge is -2.32. The lowest BCUT2D eigenvalue weighted by Crippen LogP contribution is -2.42. The summed E-state index contributed by atoms with van der Waals surface area (Å²) in [5.74, 6) is 1.38. The van der Waals surface area contributed by atoms with E-state index < -0.39 is 0 Å². The van der Waals surface area contributed by atoms with Gasteiger partial charge in [-0.15, -0.1) is 0 Å². The molecule has 2 aromatic heterocycles. The molecule has 9 nitrogen and oxygen atoms in total. The quantitative estimate of drug-likeness (QED) is 0.733. The number of aryl methyl sites for hydroxylation is 1. The SMILES string of the molecule is Cc1nccc(NC(=O)N2CCCC(c3[nH]ncc3NC(=O)C3CCCC3)C2)n1. The Balaban J connectivity index is 1.40. The molecule has 1 aliphatic heterocycles. The summed E-state index contributed by atoms with van der Waals surface area (Å²) in [6.07, 6.45) is 9.27. The van der Waals surface area contributed by atoms with Crippen LogP contribution in [0.1, 0.15) is 56.0 Å². The Morgan fingerprint density at radius 1 is 1.17 bits per heavy atom. The van der Waals surface area contributed by atoms with Crippen LogP contribution in [0.3, 0.4) is 0 Å². The second-order valence-corrected chi connectivity index (χ2v) is 7.87. The minimum Gasteiger partial charge on any atom is -0.324 e. The predicted octanol–water partition coefficient (Wildman–Crippen LogP) is 3.05. The number of aromatic nitrogens is 4. The van der Waals surface area contributed by atoms with Crippen LogP contribution >= 0.6 is 0 Å². The summed E-state index contributed by atoms with van der Waals surface area (Å²) < 4.78 is 0. The van der Waals surface area contributed by atoms with Gasteiger partial charge in [0.1, 0.15) is 11.6 Å². The average molecular weight is 397 g/mol. The second kappa shape index (κ2) is 8.59. The number of rotatable bonds is 4. The molecule has 1 saturated carbocycles. The summed E-state index contributed by atoms with van der Waals surface area (Å²) in [7, 11) is 0. The lowest BCUT2D eigenvalue weighted by atomic mass is 9.94. The molecule has 3 amide bonds. The topological polar surface area (TPSA) is 116 Å². The van der Waals surface area contributed by atoms with Crippen molar-refractivity contribution in [2.45, 2.75) is 51.4 Å². The molecule has 3 N–H and O–H groups in total. The van der Waals surface area contributed by atoms with Crippen LogP contribution in [0.4, 0.5) is 16.3 Å². The number of H-pyrrole nitrogens is 1. The fourth-order valence-electron chi connectivity index (χ4n) is 4.24. The van der Waals surface area contributed by atoms with E-state index >= 15 is 0 Å². The van der Waals surface area contributed by atoms with Crippen molar-refractivity contribution in [3.05, 3.63) is 30.0 Å². The van der Waals surface area contributed by atoms with Crippen LogP contribution in [0, 0.1) is 12.8 Å². The highest BCUT2D eigenvalue weighted by Gasteiger charge is 2.29. The van der Waals surface area contributed by atoms with Crippen LogP contribution < -0.4 is 10.6 Å². The normalized spacial score (nSPS) is 19.9. The molecule has 1 saturated heterocycles. The van der Waals surface area contributed by atoms with Gasteiger partial charge in [0.05, 0.1) is 17.6 Å². The molecule has 2 aromatic rings. The number of likely N-dealkylation sites (tertiary alicyclic amines) is 1. The molecule has 2 fully saturated rings. The van der Waals surface area contributed by atoms with Gasteiger partial charge in [-0.1, -0.05) is 12.8 Å². The molecule has 2 aliphatic rings. The van der Waals surface area contributed by atoms with Gasteiger partial charge >= 0.3 is 6.03 Å². The Morgan fingerprint density at radius 3 is 2.79 bits per heavy atom. The largest absolute Gasteiger partial charge is 0.324 e. The van der Waals surface area contributed by atoms with E-state index in [0.717, 1.165) is 49.9 Å². The molecule has 29 heavy (non-hydrogen) atoms. The number of nitrogens with one attached hydrogen (secondary N) is 3. The van der Waals surface area contributed by atoms with E-state index in [2.05, 4.69) is 30.8 Å². The lowest BCUT2D eigenvalue weighted by molar-refractivity contribution is -0.119. The number of anilines is 2. The summed E-state index contributed by atoms with van der Waals surface area (Å²) in [5.41, 5.74) is 1.63. The zero-order valence-electron chi connectivity index (χ0n) is 16.6. The average Bonchev–Trinajstić information content (AvgIpc) is 3.40. The van der Waals surface area contributed by atoms with Gasteiger partial charge in [0.15, 0.2) is 0 Å². The van der Waals surface area contributed by atoms with Crippen LogP contribution in [-0.4, -0.2) is 50.1 Å². The maximum atomic E-state index is 12.7. The third kappa shape index (κ3) is 4.55. The Bertz CT molecular complexity index is 875. The van der Waals surface area contributed by atoms with Gasteiger partial charge in [0.2, 0.25) is 5.91 Å². The van der Waals surface area contributed by atoms with Crippen molar-refractivity contribution in [2.75, 3.05) is 23.7 Å². The van der Waals surface area contributed by atoms with Crippen LogP contribution in [0.15, 0.2) is 18.5 Å². The first-order valence-electron chi connectivity index (χ1n) is 10.3. The molecule has 1 unspecified atom stereocenters. The predicted molar refractivity (Wildman–Crippen MR) is 109 cm³/mol. The van der Waals surface area contributed by atoms with Gasteiger partial charge in [-0.25, -0.2) is 14.8 Å². The number of nitrogens with zero attached hydrogens (tertiary/aromatic N) is 4. The molecular weight excluding hydrogens is 370 g/mol. The van der Waals surface area contributed by atoms with Crippen molar-refractivity contribution in [3.8, 4) is 0 Å². The van der Waals surface area contributed by atoms with Crippen LogP contribution in [0.2, 0.25) is 0 Å². The molecule has 3 heterocycles. The zero-order chi connectivity index (χ0) is 20.2. The van der Waals surface area contributed by atoms with Crippen molar-refractivity contribution >= 4 is 23.4 Å². The van der Waals surface area contributed by atoms with Crippen LogP contribution in [0.5, 0.6) is 0 Å². The Morgan fingerprint density at radius 2 is 2.00 bits per heavy atom. The minimum atomic E-state index is -0.177. The van der Waals surface area contributed by atoms with E-state index in [4.69, 9.17) is 0 Å². The molecule has 0 bridgehead atoms. The smallest absolute Gasteiger partial charge is 0.323 e. The van der Waals surface area contributed by atoms with Crippen LogP contribution in [0.25, 0.3) is 0 Å². The highest BCUT2D eigenvalue weighted by molar-refractivity contribution is 5.93. The highest BCUT2D eigenvalue weighted by atomic mass is 16.2. The van der Waals surface area contributed by atoms with E-state index in [1.54, 1.807) is 30.3 Å². The highest BCUT2D eigenvalue weighted by Crippen LogP contribution is 2.32. The number of hydrogen-bond acceptors (Lipinski definition) is 5. The van der Waals surface area contributed by atoms with Crippen molar-refractivity contribution < 1.29 is 9.59 Å². The molecule has 0 radical (unpaired) electrons. The maximum Gasteiger partial charge on any atom is 0.323 e.